The van der Waals surface area contributed by atoms with Crippen LogP contribution >= 0.6 is 11.3 Å². The monoisotopic (exact) mass is 266 g/mol. The molecule has 1 saturated carbocycles. The lowest BCUT2D eigenvalue weighted by Gasteiger charge is -2.15. The molecule has 0 amide bonds. The number of thiazole rings is 1. The molecule has 18 heavy (non-hydrogen) atoms. The second kappa shape index (κ2) is 4.23. The Morgan fingerprint density at radius 2 is 2.33 bits per heavy atom. The summed E-state index contributed by atoms with van der Waals surface area (Å²) in [6.45, 7) is 3.33. The van der Waals surface area contributed by atoms with E-state index in [2.05, 4.69) is 23.9 Å². The Morgan fingerprint density at radius 1 is 1.61 bits per heavy atom. The van der Waals surface area contributed by atoms with Gasteiger partial charge in [-0.3, -0.25) is 4.79 Å². The molecule has 3 atom stereocenters. The van der Waals surface area contributed by atoms with Gasteiger partial charge in [0.05, 0.1) is 5.69 Å². The molecular weight excluding hydrogens is 248 g/mol. The van der Waals surface area contributed by atoms with Gasteiger partial charge < -0.3 is 10.0 Å². The second-order valence-corrected chi connectivity index (χ2v) is 6.65. The Bertz CT molecular complexity index is 485. The van der Waals surface area contributed by atoms with Crippen LogP contribution in [0.4, 0.5) is 5.13 Å². The highest BCUT2D eigenvalue weighted by Crippen LogP contribution is 2.42. The minimum atomic E-state index is -0.732. The molecular formula is C13H18N2O2S. The lowest BCUT2D eigenvalue weighted by molar-refractivity contribution is -0.138. The van der Waals surface area contributed by atoms with Crippen LogP contribution < -0.4 is 4.90 Å². The van der Waals surface area contributed by atoms with E-state index in [0.29, 0.717) is 6.42 Å². The van der Waals surface area contributed by atoms with E-state index < -0.39 is 5.97 Å². The maximum atomic E-state index is 11.1. The summed E-state index contributed by atoms with van der Waals surface area (Å²) >= 11 is 1.67. The van der Waals surface area contributed by atoms with Gasteiger partial charge in [0.15, 0.2) is 5.13 Å². The van der Waals surface area contributed by atoms with Crippen LogP contribution in [-0.4, -0.2) is 29.7 Å². The second-order valence-electron chi connectivity index (χ2n) is 5.59. The minimum absolute atomic E-state index is 0.377. The van der Waals surface area contributed by atoms with Crippen molar-refractivity contribution in [1.82, 2.24) is 4.98 Å². The van der Waals surface area contributed by atoms with Crippen LogP contribution in [0.25, 0.3) is 0 Å². The molecule has 4 nitrogen and oxygen atoms in total. The summed E-state index contributed by atoms with van der Waals surface area (Å²) in [7, 11) is 2.06. The zero-order valence-electron chi connectivity index (χ0n) is 10.7. The maximum absolute atomic E-state index is 11.1. The van der Waals surface area contributed by atoms with Crippen molar-refractivity contribution < 1.29 is 9.90 Å². The van der Waals surface area contributed by atoms with E-state index in [0.717, 1.165) is 35.6 Å². The Kier molecular flexibility index (Phi) is 2.81. The van der Waals surface area contributed by atoms with Crippen molar-refractivity contribution in [2.45, 2.75) is 32.1 Å². The number of aliphatic carboxylic acids is 1. The number of carboxylic acid groups (broad SMARTS) is 1. The first-order chi connectivity index (χ1) is 8.56. The number of aryl methyl sites for hydroxylation is 1. The first kappa shape index (κ1) is 12.0. The zero-order chi connectivity index (χ0) is 12.9. The van der Waals surface area contributed by atoms with Gasteiger partial charge in [-0.2, -0.15) is 0 Å². The highest BCUT2D eigenvalue weighted by atomic mass is 32.1. The Morgan fingerprint density at radius 3 is 2.94 bits per heavy atom. The molecule has 0 bridgehead atoms. The van der Waals surface area contributed by atoms with Gasteiger partial charge >= 0.3 is 5.97 Å². The number of fused-ring (bicyclic) bond motifs is 1. The molecule has 98 valence electrons. The van der Waals surface area contributed by atoms with Crippen molar-refractivity contribution in [2.75, 3.05) is 18.5 Å². The summed E-state index contributed by atoms with van der Waals surface area (Å²) in [4.78, 5) is 19.1. The Labute approximate surface area is 111 Å². The van der Waals surface area contributed by atoms with E-state index in [4.69, 9.17) is 5.11 Å². The van der Waals surface area contributed by atoms with Crippen molar-refractivity contribution in [3.05, 3.63) is 10.6 Å². The zero-order valence-corrected chi connectivity index (χ0v) is 11.5. The SMILES string of the molecule is CC1CC1CN(C)c1nc2c(s1)CCC2C(=O)O. The van der Waals surface area contributed by atoms with Crippen LogP contribution in [0.5, 0.6) is 0 Å². The lowest BCUT2D eigenvalue weighted by atomic mass is 10.1. The van der Waals surface area contributed by atoms with Gasteiger partial charge in [0, 0.05) is 18.5 Å². The first-order valence-electron chi connectivity index (χ1n) is 6.49. The van der Waals surface area contributed by atoms with E-state index >= 15 is 0 Å². The number of carboxylic acids is 1. The number of hydrogen-bond acceptors (Lipinski definition) is 4. The molecule has 0 spiro atoms. The molecule has 1 aromatic heterocycles. The highest BCUT2D eigenvalue weighted by Gasteiger charge is 2.36. The predicted octanol–water partition coefficient (Wildman–Crippen LogP) is 2.35. The third kappa shape index (κ3) is 2.00. The number of aromatic nitrogens is 1. The summed E-state index contributed by atoms with van der Waals surface area (Å²) in [5, 5.41) is 10.1. The van der Waals surface area contributed by atoms with Gasteiger partial charge in [0.25, 0.3) is 0 Å². The van der Waals surface area contributed by atoms with Crippen molar-refractivity contribution in [2.24, 2.45) is 11.8 Å². The fourth-order valence-electron chi connectivity index (χ4n) is 2.70. The molecule has 0 saturated heterocycles. The van der Waals surface area contributed by atoms with Crippen molar-refractivity contribution in [1.29, 1.82) is 0 Å². The third-order valence-corrected chi connectivity index (χ3v) is 5.36. The number of nitrogens with zero attached hydrogens (tertiary/aromatic N) is 2. The predicted molar refractivity (Wildman–Crippen MR) is 71.4 cm³/mol. The average molecular weight is 266 g/mol. The molecule has 1 N–H and O–H groups in total. The lowest BCUT2D eigenvalue weighted by Crippen LogP contribution is -2.20. The summed E-state index contributed by atoms with van der Waals surface area (Å²) in [6.07, 6.45) is 2.90. The smallest absolute Gasteiger partial charge is 0.312 e. The fraction of sp³-hybridized carbons (Fsp3) is 0.692. The van der Waals surface area contributed by atoms with Crippen LogP contribution in [0.2, 0.25) is 0 Å². The Hall–Kier alpha value is -1.10. The summed E-state index contributed by atoms with van der Waals surface area (Å²) in [6, 6.07) is 0. The minimum Gasteiger partial charge on any atom is -0.481 e. The number of anilines is 1. The fourth-order valence-corrected chi connectivity index (χ4v) is 3.81. The van der Waals surface area contributed by atoms with Gasteiger partial charge in [-0.05, 0) is 31.1 Å². The van der Waals surface area contributed by atoms with Crippen molar-refractivity contribution >= 4 is 22.4 Å². The van der Waals surface area contributed by atoms with Gasteiger partial charge in [-0.25, -0.2) is 4.98 Å². The average Bonchev–Trinajstić information content (AvgIpc) is 2.75. The number of hydrogen-bond donors (Lipinski definition) is 1. The van der Waals surface area contributed by atoms with Crippen LogP contribution in [0.3, 0.4) is 0 Å². The molecule has 3 unspecified atom stereocenters. The summed E-state index contributed by atoms with van der Waals surface area (Å²) < 4.78 is 0. The normalized spacial score (nSPS) is 29.1. The molecule has 1 heterocycles. The van der Waals surface area contributed by atoms with E-state index in [1.165, 1.54) is 11.3 Å². The quantitative estimate of drug-likeness (QED) is 0.909. The van der Waals surface area contributed by atoms with Crippen LogP contribution in [0.15, 0.2) is 0 Å². The molecule has 2 aliphatic rings. The van der Waals surface area contributed by atoms with Gasteiger partial charge in [0.1, 0.15) is 5.92 Å². The molecule has 0 aliphatic heterocycles. The van der Waals surface area contributed by atoms with Crippen LogP contribution in [0, 0.1) is 11.8 Å². The summed E-state index contributed by atoms with van der Waals surface area (Å²) in [5.74, 6) is 0.525. The van der Waals surface area contributed by atoms with Gasteiger partial charge in [0.2, 0.25) is 0 Å². The van der Waals surface area contributed by atoms with E-state index in [9.17, 15) is 4.79 Å². The van der Waals surface area contributed by atoms with Gasteiger partial charge in [-0.15, -0.1) is 11.3 Å². The standard InChI is InChI=1S/C13H18N2O2S/c1-7-5-8(7)6-15(2)13-14-11-9(12(16)17)3-4-10(11)18-13/h7-9H,3-6H2,1-2H3,(H,16,17). The van der Waals surface area contributed by atoms with E-state index in [-0.39, 0.29) is 5.92 Å². The van der Waals surface area contributed by atoms with Crippen LogP contribution in [-0.2, 0) is 11.2 Å². The Balaban J connectivity index is 1.75. The molecule has 0 aromatic carbocycles. The third-order valence-electron chi connectivity index (χ3n) is 4.12. The molecule has 5 heteroatoms. The van der Waals surface area contributed by atoms with E-state index in [1.807, 2.05) is 0 Å². The van der Waals surface area contributed by atoms with Crippen LogP contribution in [0.1, 0.15) is 36.3 Å². The largest absolute Gasteiger partial charge is 0.481 e. The van der Waals surface area contributed by atoms with Crippen molar-refractivity contribution in [3.63, 3.8) is 0 Å². The molecule has 2 aliphatic carbocycles. The van der Waals surface area contributed by atoms with Crippen molar-refractivity contribution in [3.8, 4) is 0 Å². The number of carbonyl (C=O) groups is 1. The molecule has 0 radical (unpaired) electrons. The maximum Gasteiger partial charge on any atom is 0.312 e. The van der Waals surface area contributed by atoms with E-state index in [1.54, 1.807) is 11.3 Å². The molecule has 1 aromatic rings. The molecule has 1 fully saturated rings. The molecule has 3 rings (SSSR count). The number of rotatable bonds is 4. The first-order valence-corrected chi connectivity index (χ1v) is 7.31. The summed E-state index contributed by atoms with van der Waals surface area (Å²) in [5.41, 5.74) is 0.818. The highest BCUT2D eigenvalue weighted by molar-refractivity contribution is 7.15. The topological polar surface area (TPSA) is 53.4 Å². The van der Waals surface area contributed by atoms with Gasteiger partial charge in [-0.1, -0.05) is 6.92 Å².